The van der Waals surface area contributed by atoms with E-state index in [9.17, 15) is 25.2 Å². The van der Waals surface area contributed by atoms with E-state index in [0.29, 0.717) is 12.2 Å². The van der Waals surface area contributed by atoms with E-state index >= 15 is 0 Å². The van der Waals surface area contributed by atoms with Crippen LogP contribution in [0.5, 0.6) is 5.75 Å². The molecule has 1 unspecified atom stereocenters. The zero-order valence-electron chi connectivity index (χ0n) is 29.0. The van der Waals surface area contributed by atoms with Gasteiger partial charge in [0.25, 0.3) is 0 Å². The Morgan fingerprint density at radius 2 is 1.44 bits per heavy atom. The number of carbonyl (C=O) groups is 1. The summed E-state index contributed by atoms with van der Waals surface area (Å²) in [6, 6.07) is 20.1. The Kier molecular flexibility index (Phi) is 11.0. The van der Waals surface area contributed by atoms with E-state index in [1.54, 1.807) is 12.1 Å². The second-order valence-corrected chi connectivity index (χ2v) is 14.8. The molecule has 2 aliphatic rings. The first-order chi connectivity index (χ1) is 22.7. The van der Waals surface area contributed by atoms with Crippen LogP contribution in [0.2, 0.25) is 0 Å². The molecule has 9 heteroatoms. The van der Waals surface area contributed by atoms with Gasteiger partial charge in [-0.05, 0) is 109 Å². The highest BCUT2D eigenvalue weighted by atomic mass is 16.6. The molecular formula is C39H51NO8. The summed E-state index contributed by atoms with van der Waals surface area (Å²) >= 11 is 0. The molecule has 48 heavy (non-hydrogen) atoms. The molecule has 1 aliphatic carbocycles. The topological polar surface area (TPSA) is 129 Å². The summed E-state index contributed by atoms with van der Waals surface area (Å²) in [7, 11) is 4.16. The zero-order valence-corrected chi connectivity index (χ0v) is 29.0. The number of ether oxygens (including phenoxy) is 3. The minimum Gasteiger partial charge on any atom is -0.493 e. The first-order valence-corrected chi connectivity index (χ1v) is 16.9. The summed E-state index contributed by atoms with van der Waals surface area (Å²) in [5.41, 5.74) is 7.29. The van der Waals surface area contributed by atoms with Crippen LogP contribution in [-0.2, 0) is 20.3 Å². The van der Waals surface area contributed by atoms with Crippen molar-refractivity contribution in [2.75, 3.05) is 33.9 Å². The van der Waals surface area contributed by atoms with Crippen LogP contribution >= 0.6 is 0 Å². The van der Waals surface area contributed by atoms with Crippen LogP contribution < -0.4 is 4.74 Å². The fraction of sp³-hybridized carbons (Fsp3) is 0.513. The van der Waals surface area contributed by atoms with Crippen molar-refractivity contribution in [1.82, 2.24) is 4.90 Å². The average molecular weight is 662 g/mol. The van der Waals surface area contributed by atoms with Crippen molar-refractivity contribution in [1.29, 1.82) is 0 Å². The summed E-state index contributed by atoms with van der Waals surface area (Å²) in [5.74, 6) is 0.192. The maximum Gasteiger partial charge on any atom is 0.338 e. The smallest absolute Gasteiger partial charge is 0.338 e. The Balaban J connectivity index is 1.37. The van der Waals surface area contributed by atoms with Gasteiger partial charge < -0.3 is 39.5 Å². The lowest BCUT2D eigenvalue weighted by Gasteiger charge is -2.42. The molecule has 3 aromatic carbocycles. The fourth-order valence-corrected chi connectivity index (χ4v) is 6.64. The first-order valence-electron chi connectivity index (χ1n) is 16.9. The molecule has 1 saturated heterocycles. The van der Waals surface area contributed by atoms with E-state index in [1.165, 1.54) is 11.1 Å². The number of benzene rings is 3. The van der Waals surface area contributed by atoms with Gasteiger partial charge in [0.05, 0.1) is 12.2 Å². The van der Waals surface area contributed by atoms with Crippen molar-refractivity contribution >= 4 is 5.97 Å². The monoisotopic (exact) mass is 661 g/mol. The van der Waals surface area contributed by atoms with Gasteiger partial charge >= 0.3 is 5.97 Å². The molecule has 0 radical (unpaired) electrons. The number of esters is 1. The zero-order chi connectivity index (χ0) is 34.8. The molecule has 0 spiro atoms. The maximum absolute atomic E-state index is 12.8. The molecule has 3 aromatic rings. The van der Waals surface area contributed by atoms with E-state index < -0.39 is 43.3 Å². The Morgan fingerprint density at radius 3 is 2.12 bits per heavy atom. The quantitative estimate of drug-likeness (QED) is 0.165. The number of nitrogens with zero attached hydrogens (tertiary/aromatic N) is 1. The van der Waals surface area contributed by atoms with E-state index in [1.807, 2.05) is 24.3 Å². The average Bonchev–Trinajstić information content (AvgIpc) is 3.06. The van der Waals surface area contributed by atoms with Crippen LogP contribution in [-0.4, -0.2) is 95.9 Å². The van der Waals surface area contributed by atoms with Crippen molar-refractivity contribution in [3.05, 3.63) is 77.4 Å². The molecule has 1 aliphatic heterocycles. The van der Waals surface area contributed by atoms with E-state index in [2.05, 4.69) is 71.0 Å². The lowest BCUT2D eigenvalue weighted by molar-refractivity contribution is -0.286. The Hall–Kier alpha value is -3.31. The number of hydrogen-bond donors (Lipinski definition) is 4. The van der Waals surface area contributed by atoms with Crippen LogP contribution in [0.4, 0.5) is 0 Å². The number of fused-ring (bicyclic) bond motifs is 1. The lowest BCUT2D eigenvalue weighted by Crippen LogP contribution is -2.58. The predicted octanol–water partition coefficient (Wildman–Crippen LogP) is 5.05. The van der Waals surface area contributed by atoms with Gasteiger partial charge in [-0.3, -0.25) is 0 Å². The summed E-state index contributed by atoms with van der Waals surface area (Å²) in [6.07, 6.45) is -3.40. The molecule has 0 bridgehead atoms. The highest BCUT2D eigenvalue weighted by Gasteiger charge is 2.43. The molecule has 4 N–H and O–H groups in total. The summed E-state index contributed by atoms with van der Waals surface area (Å²) in [5, 5.41) is 39.5. The summed E-state index contributed by atoms with van der Waals surface area (Å²) < 4.78 is 16.8. The number of rotatable bonds is 11. The van der Waals surface area contributed by atoms with Gasteiger partial charge in [-0.15, -0.1) is 0 Å². The fourth-order valence-electron chi connectivity index (χ4n) is 6.64. The van der Waals surface area contributed by atoms with Crippen LogP contribution in [0.15, 0.2) is 60.7 Å². The molecule has 0 aromatic heterocycles. The maximum atomic E-state index is 12.8. The van der Waals surface area contributed by atoms with Crippen molar-refractivity contribution in [2.45, 2.75) is 94.9 Å². The number of aliphatic hydroxyl groups is 4. The molecule has 0 saturated carbocycles. The third-order valence-corrected chi connectivity index (χ3v) is 9.92. The van der Waals surface area contributed by atoms with Gasteiger partial charge in [0.2, 0.25) is 0 Å². The first kappa shape index (κ1) is 36.0. The van der Waals surface area contributed by atoms with Crippen molar-refractivity contribution < 1.29 is 39.4 Å². The SMILES string of the molecule is CN(C)CCCCOc1ccc(-c2ccc(C(=O)OC[C@H]3OC(O)[C@@H](O)[C@@H](O)[C@@H]3O)cc2)cc1-c1ccc2c(c1)C(C)(C)CCC2(C)C. The molecule has 1 heterocycles. The lowest BCUT2D eigenvalue weighted by atomic mass is 9.63. The highest BCUT2D eigenvalue weighted by Crippen LogP contribution is 2.47. The standard InChI is InChI=1S/C39H51NO8/c1-38(2)17-18-39(3,4)30-22-27(13-15-29(30)38)28-21-26(14-16-31(28)46-20-8-7-19-40(5)6)24-9-11-25(12-10-24)36(44)47-23-32-33(41)34(42)35(43)37(45)48-32/h9-16,21-22,32-35,37,41-43,45H,7-8,17-20,23H2,1-6H3/t32-,33-,34+,35+,37?/m1/s1. The van der Waals surface area contributed by atoms with Gasteiger partial charge in [-0.2, -0.15) is 0 Å². The number of unbranched alkanes of at least 4 members (excludes halogenated alkanes) is 1. The normalized spacial score (nSPS) is 24.6. The molecule has 9 nitrogen and oxygen atoms in total. The minimum atomic E-state index is -1.70. The third-order valence-electron chi connectivity index (χ3n) is 9.92. The van der Waals surface area contributed by atoms with Crippen molar-refractivity contribution in [3.63, 3.8) is 0 Å². The molecule has 260 valence electrons. The molecule has 1 fully saturated rings. The van der Waals surface area contributed by atoms with E-state index in [-0.39, 0.29) is 10.8 Å². The third kappa shape index (κ3) is 7.94. The van der Waals surface area contributed by atoms with Crippen molar-refractivity contribution in [3.8, 4) is 28.0 Å². The van der Waals surface area contributed by atoms with E-state index in [4.69, 9.17) is 14.2 Å². The molecule has 5 rings (SSSR count). The van der Waals surface area contributed by atoms with E-state index in [0.717, 1.165) is 60.2 Å². The predicted molar refractivity (Wildman–Crippen MR) is 185 cm³/mol. The van der Waals surface area contributed by atoms with Crippen LogP contribution in [0.3, 0.4) is 0 Å². The molecular weight excluding hydrogens is 610 g/mol. The highest BCUT2D eigenvalue weighted by molar-refractivity contribution is 5.90. The van der Waals surface area contributed by atoms with Crippen LogP contribution in [0.25, 0.3) is 22.3 Å². The largest absolute Gasteiger partial charge is 0.493 e. The molecule has 0 amide bonds. The number of aliphatic hydroxyl groups excluding tert-OH is 4. The second-order valence-electron chi connectivity index (χ2n) is 14.8. The number of carbonyl (C=O) groups excluding carboxylic acids is 1. The minimum absolute atomic E-state index is 0.0676. The second kappa shape index (κ2) is 14.7. The summed E-state index contributed by atoms with van der Waals surface area (Å²) in [4.78, 5) is 15.0. The van der Waals surface area contributed by atoms with Gasteiger partial charge in [0.15, 0.2) is 6.29 Å². The molecule has 5 atom stereocenters. The van der Waals surface area contributed by atoms with Gasteiger partial charge in [-0.1, -0.05) is 64.1 Å². The Labute approximate surface area is 284 Å². The summed E-state index contributed by atoms with van der Waals surface area (Å²) in [6.45, 7) is 10.6. The van der Waals surface area contributed by atoms with Crippen molar-refractivity contribution in [2.24, 2.45) is 0 Å². The Bertz CT molecular complexity index is 1570. The van der Waals surface area contributed by atoms with Crippen LogP contribution in [0, 0.1) is 0 Å². The van der Waals surface area contributed by atoms with Gasteiger partial charge in [0.1, 0.15) is 36.8 Å². The van der Waals surface area contributed by atoms with Gasteiger partial charge in [-0.25, -0.2) is 4.79 Å². The number of hydrogen-bond acceptors (Lipinski definition) is 9. The van der Waals surface area contributed by atoms with Gasteiger partial charge in [0, 0.05) is 5.56 Å². The van der Waals surface area contributed by atoms with Crippen LogP contribution in [0.1, 0.15) is 74.9 Å². The Morgan fingerprint density at radius 1 is 0.792 bits per heavy atom.